The van der Waals surface area contributed by atoms with Crippen LogP contribution in [0, 0.1) is 5.92 Å². The number of aryl methyl sites for hydroxylation is 1. The van der Waals surface area contributed by atoms with E-state index in [1.807, 2.05) is 18.2 Å². The van der Waals surface area contributed by atoms with E-state index in [2.05, 4.69) is 24.4 Å². The van der Waals surface area contributed by atoms with E-state index in [1.54, 1.807) is 23.1 Å². The fourth-order valence-corrected chi connectivity index (χ4v) is 6.39. The maximum absolute atomic E-state index is 13.3. The van der Waals surface area contributed by atoms with E-state index in [0.29, 0.717) is 39.0 Å². The number of carbonyl (C=O) groups excluding carboxylic acids is 2. The lowest BCUT2D eigenvalue weighted by atomic mass is 9.96. The van der Waals surface area contributed by atoms with Gasteiger partial charge < -0.3 is 10.2 Å². The first-order valence-corrected chi connectivity index (χ1v) is 13.4. The lowest BCUT2D eigenvalue weighted by molar-refractivity contribution is -0.126. The van der Waals surface area contributed by atoms with Crippen molar-refractivity contribution in [1.82, 2.24) is 9.62 Å². The molecule has 2 aromatic carbocycles. The summed E-state index contributed by atoms with van der Waals surface area (Å²) in [4.78, 5) is 26.6. The third kappa shape index (κ3) is 5.18. The average molecular weight is 484 g/mol. The molecular weight excluding hydrogens is 450 g/mol. The number of hydrogen-bond acceptors (Lipinski definition) is 4. The van der Waals surface area contributed by atoms with Gasteiger partial charge in [-0.3, -0.25) is 9.59 Å². The second kappa shape index (κ2) is 10.3. The molecule has 0 unspecified atom stereocenters. The van der Waals surface area contributed by atoms with E-state index < -0.39 is 10.0 Å². The predicted molar refractivity (Wildman–Crippen MR) is 132 cm³/mol. The monoisotopic (exact) mass is 483 g/mol. The molecule has 0 spiro atoms. The van der Waals surface area contributed by atoms with Gasteiger partial charge in [0.15, 0.2) is 0 Å². The Morgan fingerprint density at radius 2 is 1.76 bits per heavy atom. The van der Waals surface area contributed by atoms with Crippen LogP contribution in [-0.2, 0) is 26.0 Å². The molecule has 34 heavy (non-hydrogen) atoms. The number of anilines is 1. The average Bonchev–Trinajstić information content (AvgIpc) is 2.86. The zero-order valence-electron chi connectivity index (χ0n) is 19.9. The van der Waals surface area contributed by atoms with Crippen molar-refractivity contribution >= 4 is 27.5 Å². The number of sulfonamides is 1. The summed E-state index contributed by atoms with van der Waals surface area (Å²) in [5, 5.41) is 3.04. The van der Waals surface area contributed by atoms with E-state index in [-0.39, 0.29) is 28.5 Å². The van der Waals surface area contributed by atoms with Crippen LogP contribution in [0.4, 0.5) is 5.69 Å². The molecule has 0 aromatic heterocycles. The number of rotatable bonds is 6. The molecule has 1 N–H and O–H groups in total. The van der Waals surface area contributed by atoms with Crippen LogP contribution in [0.2, 0.25) is 0 Å². The maximum atomic E-state index is 13.3. The van der Waals surface area contributed by atoms with E-state index in [0.717, 1.165) is 24.1 Å². The number of amides is 2. The molecule has 0 bridgehead atoms. The molecule has 4 rings (SSSR count). The Kier molecular flexibility index (Phi) is 7.38. The van der Waals surface area contributed by atoms with Crippen molar-refractivity contribution in [3.05, 3.63) is 59.7 Å². The Morgan fingerprint density at radius 3 is 2.44 bits per heavy atom. The molecule has 2 aromatic rings. The highest BCUT2D eigenvalue weighted by atomic mass is 32.2. The summed E-state index contributed by atoms with van der Waals surface area (Å²) in [6.45, 7) is 5.49. The van der Waals surface area contributed by atoms with Gasteiger partial charge in [-0.15, -0.1) is 0 Å². The van der Waals surface area contributed by atoms with Crippen LogP contribution >= 0.6 is 0 Å². The maximum Gasteiger partial charge on any atom is 0.243 e. The summed E-state index contributed by atoms with van der Waals surface area (Å²) >= 11 is 0. The Labute approximate surface area is 202 Å². The van der Waals surface area contributed by atoms with Gasteiger partial charge in [0.25, 0.3) is 0 Å². The topological polar surface area (TPSA) is 86.8 Å². The van der Waals surface area contributed by atoms with Gasteiger partial charge in [-0.25, -0.2) is 8.42 Å². The number of carbonyl (C=O) groups is 2. The van der Waals surface area contributed by atoms with Gasteiger partial charge in [0.05, 0.1) is 4.90 Å². The van der Waals surface area contributed by atoms with E-state index in [4.69, 9.17) is 0 Å². The molecule has 2 amide bonds. The van der Waals surface area contributed by atoms with Crippen LogP contribution in [-0.4, -0.2) is 50.7 Å². The Hall–Kier alpha value is -2.71. The molecule has 0 radical (unpaired) electrons. The molecule has 8 heteroatoms. The summed E-state index contributed by atoms with van der Waals surface area (Å²) in [7, 11) is -3.65. The quantitative estimate of drug-likeness (QED) is 0.683. The molecule has 1 atom stereocenters. The summed E-state index contributed by atoms with van der Waals surface area (Å²) in [6.07, 6.45) is 2.59. The van der Waals surface area contributed by atoms with Crippen molar-refractivity contribution in [2.75, 3.05) is 31.1 Å². The van der Waals surface area contributed by atoms with Crippen LogP contribution in [0.5, 0.6) is 0 Å². The molecule has 2 aliphatic rings. The second-order valence-electron chi connectivity index (χ2n) is 9.30. The van der Waals surface area contributed by atoms with Gasteiger partial charge in [-0.05, 0) is 60.9 Å². The lowest BCUT2D eigenvalue weighted by Crippen LogP contribution is -2.43. The summed E-state index contributed by atoms with van der Waals surface area (Å²) in [5.41, 5.74) is 2.88. The summed E-state index contributed by atoms with van der Waals surface area (Å²) in [5.74, 6) is 0.00337. The normalized spacial score (nSPS) is 18.2. The fraction of sp³-hybridized carbons (Fsp3) is 0.462. The number of piperidine rings is 1. The minimum Gasteiger partial charge on any atom is -0.355 e. The number of nitrogens with zero attached hydrogens (tertiary/aromatic N) is 2. The zero-order valence-corrected chi connectivity index (χ0v) is 20.7. The minimum atomic E-state index is -3.65. The first kappa shape index (κ1) is 24.4. The Morgan fingerprint density at radius 1 is 1.06 bits per heavy atom. The van der Waals surface area contributed by atoms with Crippen LogP contribution in [0.1, 0.15) is 50.2 Å². The smallest absolute Gasteiger partial charge is 0.243 e. The number of hydrogen-bond donors (Lipinski definition) is 1. The van der Waals surface area contributed by atoms with Gasteiger partial charge in [0.1, 0.15) is 0 Å². The van der Waals surface area contributed by atoms with E-state index in [9.17, 15) is 18.0 Å². The van der Waals surface area contributed by atoms with Gasteiger partial charge in [0.2, 0.25) is 21.8 Å². The van der Waals surface area contributed by atoms with Gasteiger partial charge in [-0.2, -0.15) is 4.31 Å². The molecule has 0 aliphatic carbocycles. The van der Waals surface area contributed by atoms with Crippen molar-refractivity contribution in [2.24, 2.45) is 5.92 Å². The van der Waals surface area contributed by atoms with Crippen molar-refractivity contribution in [3.63, 3.8) is 0 Å². The number of benzene rings is 2. The van der Waals surface area contributed by atoms with E-state index in [1.165, 1.54) is 16.8 Å². The lowest BCUT2D eigenvalue weighted by Gasteiger charge is -2.32. The highest BCUT2D eigenvalue weighted by Crippen LogP contribution is 2.31. The minimum absolute atomic E-state index is 0.00191. The highest BCUT2D eigenvalue weighted by molar-refractivity contribution is 7.89. The molecular formula is C26H33N3O4S. The second-order valence-corrected chi connectivity index (χ2v) is 11.2. The van der Waals surface area contributed by atoms with Gasteiger partial charge in [-0.1, -0.05) is 37.3 Å². The number of nitrogens with one attached hydrogen (secondary N) is 1. The van der Waals surface area contributed by atoms with Crippen molar-refractivity contribution in [2.45, 2.75) is 50.3 Å². The predicted octanol–water partition coefficient (Wildman–Crippen LogP) is 3.31. The van der Waals surface area contributed by atoms with Gasteiger partial charge >= 0.3 is 0 Å². The molecule has 7 nitrogen and oxygen atoms in total. The summed E-state index contributed by atoms with van der Waals surface area (Å²) in [6, 6.07) is 15.1. The molecule has 1 saturated heterocycles. The van der Waals surface area contributed by atoms with Crippen molar-refractivity contribution in [1.29, 1.82) is 0 Å². The zero-order chi connectivity index (χ0) is 24.3. The molecule has 2 heterocycles. The molecule has 2 aliphatic heterocycles. The molecule has 182 valence electrons. The van der Waals surface area contributed by atoms with Crippen molar-refractivity contribution in [3.8, 4) is 0 Å². The number of fused-ring (bicyclic) bond motifs is 1. The van der Waals surface area contributed by atoms with Crippen LogP contribution in [0.15, 0.2) is 53.4 Å². The van der Waals surface area contributed by atoms with Gasteiger partial charge in [0, 0.05) is 44.7 Å². The van der Waals surface area contributed by atoms with Crippen LogP contribution < -0.4 is 10.2 Å². The van der Waals surface area contributed by atoms with Crippen molar-refractivity contribution < 1.29 is 18.0 Å². The van der Waals surface area contributed by atoms with E-state index >= 15 is 0 Å². The van der Waals surface area contributed by atoms with Crippen LogP contribution in [0.25, 0.3) is 0 Å². The summed E-state index contributed by atoms with van der Waals surface area (Å²) < 4.78 is 28.0. The Bertz CT molecular complexity index is 1140. The third-order valence-corrected chi connectivity index (χ3v) is 8.86. The fourth-order valence-electron chi connectivity index (χ4n) is 4.87. The highest BCUT2D eigenvalue weighted by Gasteiger charge is 2.33. The largest absolute Gasteiger partial charge is 0.355 e. The third-order valence-electron chi connectivity index (χ3n) is 6.96. The molecule has 0 saturated carbocycles. The molecule has 1 fully saturated rings. The Balaban J connectivity index is 1.35. The van der Waals surface area contributed by atoms with Crippen LogP contribution in [0.3, 0.4) is 0 Å². The first-order valence-electron chi connectivity index (χ1n) is 12.0. The first-order chi connectivity index (χ1) is 16.3. The SMILES string of the molecule is CC(=O)N1CCCc2cc(S(=O)(=O)N3CCC(C(=O)NC[C@H](C)c4ccccc4)CC3)ccc21. The standard InChI is InChI=1S/C26H33N3O4S/c1-19(21-7-4-3-5-8-21)18-27-26(31)22-12-15-28(16-13-22)34(32,33)24-10-11-25-23(17-24)9-6-14-29(25)20(2)30/h3-5,7-8,10-11,17,19,22H,6,9,12-16,18H2,1-2H3,(H,27,31)/t19-/m0/s1.